The van der Waals surface area contributed by atoms with E-state index in [1.165, 1.54) is 18.4 Å². The minimum absolute atomic E-state index is 0.373. The van der Waals surface area contributed by atoms with Crippen LogP contribution in [-0.4, -0.2) is 31.6 Å². The Balaban J connectivity index is 2.37. The fraction of sp³-hybridized carbons (Fsp3) is 0.600. The Hall–Kier alpha value is -0.570. The lowest BCUT2D eigenvalue weighted by atomic mass is 10.1. The predicted octanol–water partition coefficient (Wildman–Crippen LogP) is 3.72. The molecule has 18 heavy (non-hydrogen) atoms. The summed E-state index contributed by atoms with van der Waals surface area (Å²) < 4.78 is 0. The van der Waals surface area contributed by atoms with E-state index in [0.29, 0.717) is 6.04 Å². The second-order valence-electron chi connectivity index (χ2n) is 4.74. The van der Waals surface area contributed by atoms with Crippen molar-refractivity contribution in [3.63, 3.8) is 0 Å². The van der Waals surface area contributed by atoms with Crippen molar-refractivity contribution in [3.8, 4) is 0 Å². The van der Waals surface area contributed by atoms with Crippen molar-refractivity contribution in [2.75, 3.05) is 26.7 Å². The normalized spacial score (nSPS) is 12.9. The molecule has 0 amide bonds. The summed E-state index contributed by atoms with van der Waals surface area (Å²) in [7, 11) is 2.17. The number of hydrogen-bond acceptors (Lipinski definition) is 2. The summed E-state index contributed by atoms with van der Waals surface area (Å²) >= 11 is 6.23. The third-order valence-electron chi connectivity index (χ3n) is 3.38. The van der Waals surface area contributed by atoms with Gasteiger partial charge in [-0.3, -0.25) is 4.90 Å². The molecule has 102 valence electrons. The molecule has 2 nitrogen and oxygen atoms in total. The molecule has 1 atom stereocenters. The maximum Gasteiger partial charge on any atom is 0.0453 e. The highest BCUT2D eigenvalue weighted by Gasteiger charge is 2.13. The second kappa shape index (κ2) is 8.52. The van der Waals surface area contributed by atoms with Crippen LogP contribution in [0.1, 0.15) is 38.3 Å². The number of rotatable bonds is 8. The highest BCUT2D eigenvalue weighted by molar-refractivity contribution is 6.31. The molecule has 0 radical (unpaired) electrons. The number of nitrogens with one attached hydrogen (secondary N) is 1. The van der Waals surface area contributed by atoms with Crippen LogP contribution < -0.4 is 5.32 Å². The summed E-state index contributed by atoms with van der Waals surface area (Å²) in [5.74, 6) is 0. The number of nitrogens with zero attached hydrogens (tertiary/aromatic N) is 1. The van der Waals surface area contributed by atoms with E-state index < -0.39 is 0 Å². The van der Waals surface area contributed by atoms with Gasteiger partial charge < -0.3 is 5.32 Å². The van der Waals surface area contributed by atoms with E-state index >= 15 is 0 Å². The van der Waals surface area contributed by atoms with E-state index in [-0.39, 0.29) is 0 Å². The molecule has 1 N–H and O–H groups in total. The van der Waals surface area contributed by atoms with E-state index in [4.69, 9.17) is 11.6 Å². The summed E-state index contributed by atoms with van der Waals surface area (Å²) in [5, 5.41) is 4.22. The Bertz CT molecular complexity index is 341. The lowest BCUT2D eigenvalue weighted by Gasteiger charge is -2.25. The Labute approximate surface area is 116 Å². The van der Waals surface area contributed by atoms with Crippen molar-refractivity contribution in [3.05, 3.63) is 34.9 Å². The van der Waals surface area contributed by atoms with Crippen LogP contribution in [0.4, 0.5) is 0 Å². The first-order chi connectivity index (χ1) is 8.66. The smallest absolute Gasteiger partial charge is 0.0453 e. The molecule has 1 aromatic rings. The Morgan fingerprint density at radius 2 is 2.00 bits per heavy atom. The molecule has 0 fully saturated rings. The molecule has 0 aromatic heterocycles. The van der Waals surface area contributed by atoms with Gasteiger partial charge in [0.05, 0.1) is 0 Å². The quantitative estimate of drug-likeness (QED) is 0.723. The molecule has 0 bridgehead atoms. The molecule has 0 saturated carbocycles. The van der Waals surface area contributed by atoms with Gasteiger partial charge in [0.1, 0.15) is 0 Å². The van der Waals surface area contributed by atoms with E-state index in [1.54, 1.807) is 0 Å². The molecule has 0 heterocycles. The molecule has 0 aliphatic carbocycles. The minimum Gasteiger partial charge on any atom is -0.317 e. The first-order valence-corrected chi connectivity index (χ1v) is 7.20. The summed E-state index contributed by atoms with van der Waals surface area (Å²) in [6, 6.07) is 8.48. The van der Waals surface area contributed by atoms with Crippen molar-refractivity contribution >= 4 is 11.6 Å². The van der Waals surface area contributed by atoms with Gasteiger partial charge in [0.25, 0.3) is 0 Å². The summed E-state index contributed by atoms with van der Waals surface area (Å²) in [5.41, 5.74) is 1.22. The zero-order valence-corrected chi connectivity index (χ0v) is 12.5. The molecule has 0 aliphatic heterocycles. The van der Waals surface area contributed by atoms with Crippen molar-refractivity contribution < 1.29 is 0 Å². The van der Waals surface area contributed by atoms with Crippen LogP contribution in [0, 0.1) is 0 Å². The van der Waals surface area contributed by atoms with Crippen molar-refractivity contribution in [1.29, 1.82) is 0 Å². The molecule has 0 aliphatic rings. The van der Waals surface area contributed by atoms with Crippen molar-refractivity contribution in [1.82, 2.24) is 10.2 Å². The first-order valence-electron chi connectivity index (χ1n) is 6.82. The highest BCUT2D eigenvalue weighted by atomic mass is 35.5. The average molecular weight is 269 g/mol. The zero-order chi connectivity index (χ0) is 13.4. The minimum atomic E-state index is 0.373. The van der Waals surface area contributed by atoms with Crippen LogP contribution in [0.25, 0.3) is 0 Å². The number of unbranched alkanes of at least 4 members (excludes halogenated alkanes) is 1. The zero-order valence-electron chi connectivity index (χ0n) is 11.7. The third kappa shape index (κ3) is 4.97. The van der Waals surface area contributed by atoms with E-state index in [0.717, 1.165) is 24.7 Å². The van der Waals surface area contributed by atoms with Gasteiger partial charge in [0, 0.05) is 11.1 Å². The van der Waals surface area contributed by atoms with Crippen LogP contribution in [0.2, 0.25) is 5.02 Å². The first kappa shape index (κ1) is 15.5. The molecule has 1 aromatic carbocycles. The molecular weight excluding hydrogens is 244 g/mol. The van der Waals surface area contributed by atoms with E-state index in [1.807, 2.05) is 12.1 Å². The standard InChI is InChI=1S/C15H25ClN2/c1-4-17-11-7-8-12-18(3)13(2)14-9-5-6-10-15(14)16/h5-6,9-10,13,17H,4,7-8,11-12H2,1-3H3. The topological polar surface area (TPSA) is 15.3 Å². The number of halogens is 1. The molecule has 0 spiro atoms. The Kier molecular flexibility index (Phi) is 7.33. The highest BCUT2D eigenvalue weighted by Crippen LogP contribution is 2.26. The molecule has 0 saturated heterocycles. The number of benzene rings is 1. The van der Waals surface area contributed by atoms with Gasteiger partial charge in [-0.15, -0.1) is 0 Å². The van der Waals surface area contributed by atoms with Crippen LogP contribution in [0.3, 0.4) is 0 Å². The van der Waals surface area contributed by atoms with Gasteiger partial charge in [0.15, 0.2) is 0 Å². The van der Waals surface area contributed by atoms with E-state index in [2.05, 4.69) is 43.2 Å². The SMILES string of the molecule is CCNCCCCN(C)C(C)c1ccccc1Cl. The number of hydrogen-bond donors (Lipinski definition) is 1. The monoisotopic (exact) mass is 268 g/mol. The fourth-order valence-electron chi connectivity index (χ4n) is 2.03. The van der Waals surface area contributed by atoms with E-state index in [9.17, 15) is 0 Å². The van der Waals surface area contributed by atoms with Gasteiger partial charge in [-0.25, -0.2) is 0 Å². The third-order valence-corrected chi connectivity index (χ3v) is 3.73. The Morgan fingerprint density at radius 3 is 2.67 bits per heavy atom. The largest absolute Gasteiger partial charge is 0.317 e. The van der Waals surface area contributed by atoms with Gasteiger partial charge >= 0.3 is 0 Å². The van der Waals surface area contributed by atoms with Gasteiger partial charge in [-0.05, 0) is 58.1 Å². The van der Waals surface area contributed by atoms with Crippen LogP contribution in [0.15, 0.2) is 24.3 Å². The van der Waals surface area contributed by atoms with Crippen molar-refractivity contribution in [2.24, 2.45) is 0 Å². The molecular formula is C15H25ClN2. The Morgan fingerprint density at radius 1 is 1.28 bits per heavy atom. The molecule has 1 unspecified atom stereocenters. The maximum absolute atomic E-state index is 6.23. The van der Waals surface area contributed by atoms with Gasteiger partial charge in [-0.2, -0.15) is 0 Å². The predicted molar refractivity (Wildman–Crippen MR) is 80.3 cm³/mol. The average Bonchev–Trinajstić information content (AvgIpc) is 2.38. The van der Waals surface area contributed by atoms with Gasteiger partial charge in [0.2, 0.25) is 0 Å². The lowest BCUT2D eigenvalue weighted by Crippen LogP contribution is -2.24. The van der Waals surface area contributed by atoms with Crippen LogP contribution in [-0.2, 0) is 0 Å². The molecule has 3 heteroatoms. The summed E-state index contributed by atoms with van der Waals surface area (Å²) in [6.07, 6.45) is 2.45. The van der Waals surface area contributed by atoms with Gasteiger partial charge in [-0.1, -0.05) is 36.7 Å². The maximum atomic E-state index is 6.23. The lowest BCUT2D eigenvalue weighted by molar-refractivity contribution is 0.256. The summed E-state index contributed by atoms with van der Waals surface area (Å²) in [6.45, 7) is 7.64. The fourth-order valence-corrected chi connectivity index (χ4v) is 2.33. The molecule has 1 rings (SSSR count). The van der Waals surface area contributed by atoms with Crippen molar-refractivity contribution in [2.45, 2.75) is 32.7 Å². The summed E-state index contributed by atoms with van der Waals surface area (Å²) in [4.78, 5) is 2.37. The van der Waals surface area contributed by atoms with Crippen LogP contribution in [0.5, 0.6) is 0 Å². The second-order valence-corrected chi connectivity index (χ2v) is 5.15. The van der Waals surface area contributed by atoms with Crippen LogP contribution >= 0.6 is 11.6 Å².